The summed E-state index contributed by atoms with van der Waals surface area (Å²) in [6.07, 6.45) is 2.01. The molecule has 1 aromatic heterocycles. The van der Waals surface area contributed by atoms with Gasteiger partial charge < -0.3 is 16.0 Å². The molecule has 3 N–H and O–H groups in total. The van der Waals surface area contributed by atoms with Crippen molar-refractivity contribution in [2.24, 2.45) is 12.8 Å². The maximum Gasteiger partial charge on any atom is 0.260 e. The number of nitrogens with zero attached hydrogens (tertiary/aromatic N) is 3. The molecule has 0 aliphatic carbocycles. The fraction of sp³-hybridized carbons (Fsp3) is 0.278. The van der Waals surface area contributed by atoms with Crippen molar-refractivity contribution >= 4 is 34.1 Å². The highest BCUT2D eigenvalue weighted by Gasteiger charge is 2.24. The van der Waals surface area contributed by atoms with Gasteiger partial charge in [0.25, 0.3) is 5.91 Å². The van der Waals surface area contributed by atoms with Gasteiger partial charge in [0, 0.05) is 31.6 Å². The number of carbonyl (C=O) groups is 2. The molecule has 2 aromatic rings. The van der Waals surface area contributed by atoms with E-state index in [9.17, 15) is 9.59 Å². The second-order valence-electron chi connectivity index (χ2n) is 6.14. The second kappa shape index (κ2) is 6.52. The average molecular weight is 339 g/mol. The third-order valence-electron chi connectivity index (χ3n) is 4.40. The van der Waals surface area contributed by atoms with Crippen LogP contribution in [0.4, 0.5) is 11.5 Å². The summed E-state index contributed by atoms with van der Waals surface area (Å²) in [5.41, 5.74) is 7.79. The smallest absolute Gasteiger partial charge is 0.260 e. The van der Waals surface area contributed by atoms with Crippen LogP contribution in [0, 0.1) is 0 Å². The van der Waals surface area contributed by atoms with E-state index in [0.29, 0.717) is 5.82 Å². The van der Waals surface area contributed by atoms with Gasteiger partial charge in [0.2, 0.25) is 0 Å². The van der Waals surface area contributed by atoms with E-state index < -0.39 is 11.7 Å². The third kappa shape index (κ3) is 3.06. The van der Waals surface area contributed by atoms with Gasteiger partial charge in [-0.2, -0.15) is 5.10 Å². The Labute approximate surface area is 145 Å². The van der Waals surface area contributed by atoms with Gasteiger partial charge in [-0.25, -0.2) is 0 Å². The number of allylic oxidation sites excluding steroid dienone is 1. The molecule has 0 saturated carbocycles. The molecule has 2 heterocycles. The fourth-order valence-corrected chi connectivity index (χ4v) is 3.09. The molecular weight excluding hydrogens is 318 g/mol. The standard InChI is InChI=1S/C18H21N5O2/c1-4-15(24)11(2)18(25)20-17-13-6-5-7-14(16(13)22(3)21-17)23-9-8-12(19)10-23/h4-7,12H,1-2,8-10,19H2,3H3,(H,20,21,25). The summed E-state index contributed by atoms with van der Waals surface area (Å²) in [5, 5.41) is 7.86. The van der Waals surface area contributed by atoms with Crippen molar-refractivity contribution in [2.45, 2.75) is 12.5 Å². The van der Waals surface area contributed by atoms with E-state index in [1.165, 1.54) is 0 Å². The summed E-state index contributed by atoms with van der Waals surface area (Å²) in [5.74, 6) is -0.700. The van der Waals surface area contributed by atoms with Crippen LogP contribution in [0.3, 0.4) is 0 Å². The SMILES string of the molecule is C=CC(=O)C(=C)C(=O)Nc1nn(C)c2c(N3CCC(N)C3)cccc12. The summed E-state index contributed by atoms with van der Waals surface area (Å²) in [4.78, 5) is 26.0. The van der Waals surface area contributed by atoms with E-state index in [1.807, 2.05) is 25.2 Å². The maximum atomic E-state index is 12.2. The molecule has 1 aliphatic heterocycles. The van der Waals surface area contributed by atoms with Crippen LogP contribution in [0.1, 0.15) is 6.42 Å². The van der Waals surface area contributed by atoms with Crippen LogP contribution in [0.25, 0.3) is 10.9 Å². The molecule has 0 bridgehead atoms. The number of ketones is 1. The minimum Gasteiger partial charge on any atom is -0.368 e. The monoisotopic (exact) mass is 339 g/mol. The quantitative estimate of drug-likeness (QED) is 0.487. The zero-order valence-corrected chi connectivity index (χ0v) is 14.2. The molecule has 1 atom stereocenters. The highest BCUT2D eigenvalue weighted by molar-refractivity contribution is 6.26. The lowest BCUT2D eigenvalue weighted by molar-refractivity contribution is -0.117. The number of fused-ring (bicyclic) bond motifs is 1. The molecule has 1 saturated heterocycles. The van der Waals surface area contributed by atoms with Crippen LogP contribution in [-0.4, -0.2) is 40.6 Å². The van der Waals surface area contributed by atoms with E-state index in [0.717, 1.165) is 42.2 Å². The Morgan fingerprint density at radius 1 is 1.44 bits per heavy atom. The lowest BCUT2D eigenvalue weighted by Gasteiger charge is -2.19. The average Bonchev–Trinajstić information content (AvgIpc) is 3.17. The number of aryl methyl sites for hydroxylation is 1. The lowest BCUT2D eigenvalue weighted by Crippen LogP contribution is -2.26. The second-order valence-corrected chi connectivity index (χ2v) is 6.14. The van der Waals surface area contributed by atoms with Crippen LogP contribution in [0.2, 0.25) is 0 Å². The first kappa shape index (κ1) is 16.9. The molecule has 7 nitrogen and oxygen atoms in total. The molecule has 0 spiro atoms. The first-order valence-corrected chi connectivity index (χ1v) is 8.05. The number of nitrogens with two attached hydrogens (primary N) is 1. The summed E-state index contributed by atoms with van der Waals surface area (Å²) < 4.78 is 1.72. The van der Waals surface area contributed by atoms with Gasteiger partial charge in [-0.15, -0.1) is 0 Å². The Morgan fingerprint density at radius 3 is 2.84 bits per heavy atom. The van der Waals surface area contributed by atoms with Crippen molar-refractivity contribution in [3.63, 3.8) is 0 Å². The molecule has 1 amide bonds. The Morgan fingerprint density at radius 2 is 2.20 bits per heavy atom. The Balaban J connectivity index is 1.96. The van der Waals surface area contributed by atoms with Crippen molar-refractivity contribution in [1.82, 2.24) is 9.78 Å². The first-order chi connectivity index (χ1) is 11.9. The van der Waals surface area contributed by atoms with Crippen molar-refractivity contribution in [3.05, 3.63) is 43.0 Å². The fourth-order valence-electron chi connectivity index (χ4n) is 3.09. The van der Waals surface area contributed by atoms with Gasteiger partial charge in [0.1, 0.15) is 0 Å². The van der Waals surface area contributed by atoms with Gasteiger partial charge in [0.05, 0.1) is 16.8 Å². The Kier molecular flexibility index (Phi) is 4.41. The number of nitrogens with one attached hydrogen (secondary N) is 1. The van der Waals surface area contributed by atoms with Crippen molar-refractivity contribution in [1.29, 1.82) is 0 Å². The summed E-state index contributed by atoms with van der Waals surface area (Å²) in [6, 6.07) is 5.99. The number of para-hydroxylation sites is 1. The number of anilines is 2. The molecule has 1 aromatic carbocycles. The highest BCUT2D eigenvalue weighted by Crippen LogP contribution is 2.32. The van der Waals surface area contributed by atoms with Crippen molar-refractivity contribution in [2.75, 3.05) is 23.3 Å². The molecule has 1 aliphatic rings. The van der Waals surface area contributed by atoms with Gasteiger partial charge in [-0.05, 0) is 24.6 Å². The minimum absolute atomic E-state index is 0.163. The number of hydrogen-bond donors (Lipinski definition) is 2. The molecule has 25 heavy (non-hydrogen) atoms. The van der Waals surface area contributed by atoms with Crippen molar-refractivity contribution in [3.8, 4) is 0 Å². The molecule has 7 heteroatoms. The van der Waals surface area contributed by atoms with Crippen LogP contribution >= 0.6 is 0 Å². The minimum atomic E-state index is -0.585. The van der Waals surface area contributed by atoms with E-state index >= 15 is 0 Å². The Bertz CT molecular complexity index is 883. The number of benzene rings is 1. The lowest BCUT2D eigenvalue weighted by atomic mass is 10.1. The molecule has 1 unspecified atom stereocenters. The van der Waals surface area contributed by atoms with Gasteiger partial charge in [-0.1, -0.05) is 19.2 Å². The topological polar surface area (TPSA) is 93.2 Å². The first-order valence-electron chi connectivity index (χ1n) is 8.05. The van der Waals surface area contributed by atoms with Crippen LogP contribution in [-0.2, 0) is 16.6 Å². The molecule has 1 fully saturated rings. The van der Waals surface area contributed by atoms with Crippen molar-refractivity contribution < 1.29 is 9.59 Å². The van der Waals surface area contributed by atoms with E-state index in [2.05, 4.69) is 28.5 Å². The van der Waals surface area contributed by atoms with E-state index in [-0.39, 0.29) is 11.6 Å². The normalized spacial score (nSPS) is 16.9. The molecular formula is C18H21N5O2. The van der Waals surface area contributed by atoms with E-state index in [4.69, 9.17) is 5.73 Å². The predicted molar refractivity (Wildman–Crippen MR) is 98.5 cm³/mol. The number of carbonyl (C=O) groups excluding carboxylic acids is 2. The maximum absolute atomic E-state index is 12.2. The van der Waals surface area contributed by atoms with E-state index in [1.54, 1.807) is 4.68 Å². The summed E-state index contributed by atoms with van der Waals surface area (Å²) in [7, 11) is 1.82. The van der Waals surface area contributed by atoms with Crippen LogP contribution in [0.15, 0.2) is 43.0 Å². The van der Waals surface area contributed by atoms with Gasteiger partial charge in [-0.3, -0.25) is 14.3 Å². The Hall–Kier alpha value is -2.93. The largest absolute Gasteiger partial charge is 0.368 e. The summed E-state index contributed by atoms with van der Waals surface area (Å²) in [6.45, 7) is 8.54. The number of aromatic nitrogens is 2. The molecule has 3 rings (SSSR count). The zero-order valence-electron chi connectivity index (χ0n) is 14.2. The predicted octanol–water partition coefficient (Wildman–Crippen LogP) is 1.36. The highest BCUT2D eigenvalue weighted by atomic mass is 16.2. The van der Waals surface area contributed by atoms with Crippen LogP contribution in [0.5, 0.6) is 0 Å². The molecule has 0 radical (unpaired) electrons. The number of amides is 1. The van der Waals surface area contributed by atoms with Gasteiger partial charge >= 0.3 is 0 Å². The third-order valence-corrected chi connectivity index (χ3v) is 4.40. The molecule has 130 valence electrons. The zero-order chi connectivity index (χ0) is 18.1. The summed E-state index contributed by atoms with van der Waals surface area (Å²) >= 11 is 0. The van der Waals surface area contributed by atoms with Gasteiger partial charge in [0.15, 0.2) is 11.6 Å². The number of hydrogen-bond acceptors (Lipinski definition) is 5. The van der Waals surface area contributed by atoms with Crippen LogP contribution < -0.4 is 16.0 Å². The number of rotatable bonds is 5.